The highest BCUT2D eigenvalue weighted by Gasteiger charge is 2.47. The van der Waals surface area contributed by atoms with Gasteiger partial charge in [-0.05, 0) is 42.8 Å². The van der Waals surface area contributed by atoms with E-state index in [1.54, 1.807) is 0 Å². The molecule has 2 saturated carbocycles. The van der Waals surface area contributed by atoms with Crippen molar-refractivity contribution >= 4 is 33.5 Å². The molecule has 4 rings (SSSR count). The molecule has 5 nitrogen and oxygen atoms in total. The number of alkyl halides is 1. The Morgan fingerprint density at radius 3 is 2.31 bits per heavy atom. The van der Waals surface area contributed by atoms with Crippen molar-refractivity contribution in [1.29, 1.82) is 0 Å². The number of rotatable bonds is 6. The molecule has 0 saturated heterocycles. The molecule has 8 heteroatoms. The maximum absolute atomic E-state index is 13.3. The Morgan fingerprint density at radius 1 is 1.10 bits per heavy atom. The molecule has 0 heterocycles. The lowest BCUT2D eigenvalue weighted by molar-refractivity contribution is -0.372. The highest BCUT2D eigenvalue weighted by atomic mass is 79.9. The number of hydrogen-bond acceptors (Lipinski definition) is 3. The number of hydrogen-bond donors (Lipinski definition) is 2. The van der Waals surface area contributed by atoms with Crippen LogP contribution in [0.15, 0.2) is 48.5 Å². The number of ether oxygens (including phenoxy) is 1. The fourth-order valence-corrected chi connectivity index (χ4v) is 5.35. The van der Waals surface area contributed by atoms with Crippen LogP contribution in [0.3, 0.4) is 0 Å². The largest absolute Gasteiger partial charge is 0.461 e. The second-order valence-electron chi connectivity index (χ2n) is 9.93. The Balaban J connectivity index is 0.000000320. The van der Waals surface area contributed by atoms with Crippen LogP contribution >= 0.6 is 15.9 Å². The van der Waals surface area contributed by atoms with Gasteiger partial charge in [-0.3, -0.25) is 9.59 Å². The fourth-order valence-electron chi connectivity index (χ4n) is 5.35. The zero-order valence-electron chi connectivity index (χ0n) is 22.9. The predicted molar refractivity (Wildman–Crippen MR) is 154 cm³/mol. The minimum absolute atomic E-state index is 0.0286. The molecule has 2 aliphatic rings. The molecular formula is C31H40BrF2N2O3+. The summed E-state index contributed by atoms with van der Waals surface area (Å²) >= 11 is 2.94. The Labute approximate surface area is 239 Å². The van der Waals surface area contributed by atoms with Gasteiger partial charge >= 0.3 is 5.97 Å². The number of carbonyl (C=O) groups is 2. The number of quaternary nitrogens is 1. The highest BCUT2D eigenvalue weighted by molar-refractivity contribution is 9.08. The Bertz CT molecular complexity index is 1100. The molecule has 212 valence electrons. The van der Waals surface area contributed by atoms with Crippen LogP contribution in [0.1, 0.15) is 63.9 Å². The van der Waals surface area contributed by atoms with E-state index in [-0.39, 0.29) is 29.6 Å². The summed E-state index contributed by atoms with van der Waals surface area (Å²) in [6.45, 7) is 2.06. The minimum atomic E-state index is -0.647. The standard InChI is InChI=1S/C22H29NO2.C8H7F2NO.CH3Br/c1-2-17-16-20(19(17)12-15-23)25-21(24)22(13-8-3-4-9-14-22)18-10-6-5-7-11-18;1-5(12)11-8-4-6(9)2-3-7(8)10;1-2/h1,5-7,10-11,17,19-20H,3-4,8-9,12-16,23H2;2-4H,1H3,(H,11,12);1H3/p+1. The first-order chi connectivity index (χ1) is 18.8. The summed E-state index contributed by atoms with van der Waals surface area (Å²) in [4.78, 5) is 23.8. The zero-order chi connectivity index (χ0) is 28.8. The van der Waals surface area contributed by atoms with Crippen LogP contribution in [0, 0.1) is 35.8 Å². The number of halogens is 3. The molecule has 0 bridgehead atoms. The van der Waals surface area contributed by atoms with Crippen LogP contribution in [0.5, 0.6) is 0 Å². The van der Waals surface area contributed by atoms with Crippen molar-refractivity contribution in [1.82, 2.24) is 0 Å². The van der Waals surface area contributed by atoms with Crippen molar-refractivity contribution in [2.24, 2.45) is 11.8 Å². The van der Waals surface area contributed by atoms with E-state index in [9.17, 15) is 18.4 Å². The second-order valence-corrected chi connectivity index (χ2v) is 9.93. The number of benzene rings is 2. The molecule has 2 aliphatic carbocycles. The monoisotopic (exact) mass is 605 g/mol. The van der Waals surface area contributed by atoms with Crippen LogP contribution in [0.25, 0.3) is 0 Å². The van der Waals surface area contributed by atoms with Crippen LogP contribution in [0.4, 0.5) is 14.5 Å². The van der Waals surface area contributed by atoms with E-state index in [2.05, 4.69) is 45.0 Å². The maximum atomic E-state index is 13.3. The van der Waals surface area contributed by atoms with E-state index >= 15 is 0 Å². The van der Waals surface area contributed by atoms with E-state index in [1.165, 1.54) is 19.8 Å². The SMILES string of the molecule is C#CC1CC(OC(=O)C2(c3ccccc3)CCCCCC2)C1CC[NH3+].CBr.CC(=O)Nc1cc(F)ccc1F. The Kier molecular flexibility index (Phi) is 13.6. The third kappa shape index (κ3) is 8.87. The first-order valence-corrected chi connectivity index (χ1v) is 15.0. The highest BCUT2D eigenvalue weighted by Crippen LogP contribution is 2.43. The van der Waals surface area contributed by atoms with Crippen molar-refractivity contribution in [3.63, 3.8) is 0 Å². The Morgan fingerprint density at radius 2 is 1.74 bits per heavy atom. The first-order valence-electron chi connectivity index (χ1n) is 13.4. The smallest absolute Gasteiger partial charge is 0.316 e. The number of esters is 1. The van der Waals surface area contributed by atoms with E-state index < -0.39 is 23.0 Å². The molecule has 0 spiro atoms. The summed E-state index contributed by atoms with van der Waals surface area (Å²) < 4.78 is 31.3. The van der Waals surface area contributed by atoms with E-state index in [0.717, 1.165) is 68.8 Å². The number of nitrogens with one attached hydrogen (secondary N) is 1. The molecule has 2 aromatic carbocycles. The van der Waals surface area contributed by atoms with Gasteiger partial charge in [-0.15, -0.1) is 12.3 Å². The summed E-state index contributed by atoms with van der Waals surface area (Å²) in [6, 6.07) is 13.1. The summed E-state index contributed by atoms with van der Waals surface area (Å²) in [5.41, 5.74) is 4.44. The molecule has 4 N–H and O–H groups in total. The molecular weight excluding hydrogens is 566 g/mol. The predicted octanol–water partition coefficient (Wildman–Crippen LogP) is 6.03. The van der Waals surface area contributed by atoms with Crippen LogP contribution in [0.2, 0.25) is 0 Å². The lowest BCUT2D eigenvalue weighted by Crippen LogP contribution is -2.55. The molecule has 0 radical (unpaired) electrons. The van der Waals surface area contributed by atoms with Gasteiger partial charge in [0.1, 0.15) is 17.7 Å². The Hall–Kier alpha value is -2.76. The summed E-state index contributed by atoms with van der Waals surface area (Å²) in [5, 5.41) is 2.16. The van der Waals surface area contributed by atoms with Gasteiger partial charge in [0.25, 0.3) is 0 Å². The summed E-state index contributed by atoms with van der Waals surface area (Å²) in [7, 11) is 0. The van der Waals surface area contributed by atoms with Crippen molar-refractivity contribution in [3.8, 4) is 12.3 Å². The van der Waals surface area contributed by atoms with Gasteiger partial charge in [-0.25, -0.2) is 8.78 Å². The molecule has 0 aromatic heterocycles. The van der Waals surface area contributed by atoms with Gasteiger partial charge in [0.2, 0.25) is 5.91 Å². The second kappa shape index (κ2) is 16.4. The van der Waals surface area contributed by atoms with Crippen molar-refractivity contribution in [2.45, 2.75) is 69.8 Å². The third-order valence-corrected chi connectivity index (χ3v) is 7.40. The van der Waals surface area contributed by atoms with Crippen LogP contribution in [-0.4, -0.2) is 30.4 Å². The van der Waals surface area contributed by atoms with E-state index in [1.807, 2.05) is 24.0 Å². The number of terminal acetylenes is 1. The number of carbonyl (C=O) groups excluding carboxylic acids is 2. The van der Waals surface area contributed by atoms with Gasteiger partial charge < -0.3 is 15.8 Å². The van der Waals surface area contributed by atoms with Crippen molar-refractivity contribution < 1.29 is 28.8 Å². The molecule has 2 fully saturated rings. The van der Waals surface area contributed by atoms with Gasteiger partial charge in [0.05, 0.1) is 17.6 Å². The maximum Gasteiger partial charge on any atom is 0.316 e. The summed E-state index contributed by atoms with van der Waals surface area (Å²) in [5.74, 6) is 3.49. The van der Waals surface area contributed by atoms with E-state index in [4.69, 9.17) is 11.2 Å². The third-order valence-electron chi connectivity index (χ3n) is 7.40. The normalized spacial score (nSPS) is 21.2. The van der Waals surface area contributed by atoms with Crippen molar-refractivity contribution in [2.75, 3.05) is 17.7 Å². The van der Waals surface area contributed by atoms with Gasteiger partial charge in [-0.2, -0.15) is 0 Å². The van der Waals surface area contributed by atoms with Gasteiger partial charge in [-0.1, -0.05) is 71.9 Å². The lowest BCUT2D eigenvalue weighted by atomic mass is 9.69. The summed E-state index contributed by atoms with van der Waals surface area (Å²) in [6.07, 6.45) is 13.7. The lowest BCUT2D eigenvalue weighted by Gasteiger charge is -2.43. The van der Waals surface area contributed by atoms with Crippen LogP contribution < -0.4 is 11.1 Å². The van der Waals surface area contributed by atoms with Gasteiger partial charge in [0, 0.05) is 31.2 Å². The van der Waals surface area contributed by atoms with Crippen LogP contribution in [-0.2, 0) is 19.7 Å². The topological polar surface area (TPSA) is 83.0 Å². The molecule has 0 aliphatic heterocycles. The quantitative estimate of drug-likeness (QED) is 0.183. The van der Waals surface area contributed by atoms with E-state index in [0.29, 0.717) is 0 Å². The van der Waals surface area contributed by atoms with Crippen molar-refractivity contribution in [3.05, 3.63) is 65.7 Å². The molecule has 3 unspecified atom stereocenters. The first kappa shape index (κ1) is 32.5. The van der Waals surface area contributed by atoms with Gasteiger partial charge in [0.15, 0.2) is 0 Å². The minimum Gasteiger partial charge on any atom is -0.461 e. The molecule has 2 aromatic rings. The molecule has 3 atom stereocenters. The zero-order valence-corrected chi connectivity index (χ0v) is 24.4. The number of amides is 1. The fraction of sp³-hybridized carbons (Fsp3) is 0.484. The average molecular weight is 607 g/mol. The average Bonchev–Trinajstić information content (AvgIpc) is 3.20. The molecule has 1 amide bonds. The number of anilines is 1. The molecule has 39 heavy (non-hydrogen) atoms.